The highest BCUT2D eigenvalue weighted by molar-refractivity contribution is 14.1. The molecule has 1 aromatic rings. The summed E-state index contributed by atoms with van der Waals surface area (Å²) in [5, 5.41) is 9.70. The van der Waals surface area contributed by atoms with Crippen LogP contribution in [0.2, 0.25) is 0 Å². The number of halogens is 1. The first-order valence-electron chi connectivity index (χ1n) is 4.65. The zero-order valence-corrected chi connectivity index (χ0v) is 11.2. The molecule has 1 unspecified atom stereocenters. The van der Waals surface area contributed by atoms with Crippen molar-refractivity contribution in [3.05, 3.63) is 27.8 Å². The molecule has 0 aromatic heterocycles. The van der Waals surface area contributed by atoms with Crippen molar-refractivity contribution >= 4 is 28.6 Å². The summed E-state index contributed by atoms with van der Waals surface area (Å²) < 4.78 is 10.8. The number of rotatable bonds is 4. The number of aliphatic hydroxyl groups is 1. The van der Waals surface area contributed by atoms with Crippen molar-refractivity contribution in [1.82, 2.24) is 0 Å². The Labute approximate surface area is 108 Å². The number of methoxy groups -OCH3 is 1. The molecule has 0 saturated heterocycles. The first kappa shape index (κ1) is 13.2. The first-order chi connectivity index (χ1) is 7.45. The molecule has 0 aliphatic rings. The molecule has 4 nitrogen and oxygen atoms in total. The normalized spacial score (nSPS) is 14.0. The Balaban J connectivity index is 2.57. The van der Waals surface area contributed by atoms with Crippen LogP contribution in [-0.4, -0.2) is 30.4 Å². The predicted octanol–water partition coefficient (Wildman–Crippen LogP) is 1.59. The third-order valence-corrected chi connectivity index (χ3v) is 2.68. The van der Waals surface area contributed by atoms with E-state index in [0.717, 1.165) is 3.57 Å². The number of hydrogen-bond donors (Lipinski definition) is 1. The molecular formula is C11H13IO4. The molecule has 0 saturated carbocycles. The van der Waals surface area contributed by atoms with Gasteiger partial charge in [0.1, 0.15) is 12.4 Å². The van der Waals surface area contributed by atoms with Gasteiger partial charge in [0.15, 0.2) is 5.60 Å². The lowest BCUT2D eigenvalue weighted by Crippen LogP contribution is -2.42. The van der Waals surface area contributed by atoms with Crippen LogP contribution in [0.1, 0.15) is 6.92 Å². The molecule has 0 radical (unpaired) electrons. The summed E-state index contributed by atoms with van der Waals surface area (Å²) in [6.07, 6.45) is 0. The summed E-state index contributed by atoms with van der Waals surface area (Å²) in [5.74, 6) is -0.109. The van der Waals surface area contributed by atoms with Gasteiger partial charge in [-0.3, -0.25) is 0 Å². The fourth-order valence-electron chi connectivity index (χ4n) is 1.03. The molecule has 0 aliphatic heterocycles. The van der Waals surface area contributed by atoms with Crippen LogP contribution >= 0.6 is 22.6 Å². The maximum atomic E-state index is 11.2. The van der Waals surface area contributed by atoms with E-state index in [-0.39, 0.29) is 6.61 Å². The standard InChI is InChI=1S/C11H13IO4/c1-11(14,10(13)15-2)7-16-9-5-3-8(12)4-6-9/h3-6,14H,7H2,1-2H3. The van der Waals surface area contributed by atoms with Gasteiger partial charge in [0.25, 0.3) is 0 Å². The van der Waals surface area contributed by atoms with Gasteiger partial charge in [-0.25, -0.2) is 4.79 Å². The van der Waals surface area contributed by atoms with Crippen LogP contribution in [-0.2, 0) is 9.53 Å². The van der Waals surface area contributed by atoms with E-state index in [1.807, 2.05) is 12.1 Å². The number of ether oxygens (including phenoxy) is 2. The number of esters is 1. The summed E-state index contributed by atoms with van der Waals surface area (Å²) >= 11 is 2.18. The highest BCUT2D eigenvalue weighted by atomic mass is 127. The first-order valence-corrected chi connectivity index (χ1v) is 5.73. The number of carbonyl (C=O) groups is 1. The van der Waals surface area contributed by atoms with Crippen LogP contribution in [0.15, 0.2) is 24.3 Å². The largest absolute Gasteiger partial charge is 0.490 e. The zero-order chi connectivity index (χ0) is 12.2. The van der Waals surface area contributed by atoms with Crippen LogP contribution in [0.5, 0.6) is 5.75 Å². The van der Waals surface area contributed by atoms with Gasteiger partial charge in [-0.1, -0.05) is 0 Å². The van der Waals surface area contributed by atoms with Crippen molar-refractivity contribution in [3.8, 4) is 5.75 Å². The van der Waals surface area contributed by atoms with Gasteiger partial charge < -0.3 is 14.6 Å². The van der Waals surface area contributed by atoms with Crippen LogP contribution in [0.3, 0.4) is 0 Å². The van der Waals surface area contributed by atoms with Gasteiger partial charge in [0, 0.05) is 3.57 Å². The summed E-state index contributed by atoms with van der Waals surface area (Å²) in [6.45, 7) is 1.21. The maximum Gasteiger partial charge on any atom is 0.341 e. The van der Waals surface area contributed by atoms with Crippen LogP contribution < -0.4 is 4.74 Å². The second kappa shape index (κ2) is 5.49. The van der Waals surface area contributed by atoms with Gasteiger partial charge in [0.2, 0.25) is 0 Å². The lowest BCUT2D eigenvalue weighted by Gasteiger charge is -2.20. The summed E-state index contributed by atoms with van der Waals surface area (Å²) in [6, 6.07) is 7.30. The molecule has 5 heteroatoms. The zero-order valence-electron chi connectivity index (χ0n) is 9.07. The van der Waals surface area contributed by atoms with Gasteiger partial charge in [-0.05, 0) is 53.8 Å². The van der Waals surface area contributed by atoms with E-state index in [1.165, 1.54) is 14.0 Å². The molecule has 16 heavy (non-hydrogen) atoms. The Morgan fingerprint density at radius 3 is 2.50 bits per heavy atom. The second-order valence-corrected chi connectivity index (χ2v) is 4.75. The van der Waals surface area contributed by atoms with Crippen molar-refractivity contribution in [2.24, 2.45) is 0 Å². The molecule has 0 aliphatic carbocycles. The smallest absolute Gasteiger partial charge is 0.341 e. The van der Waals surface area contributed by atoms with E-state index in [9.17, 15) is 9.90 Å². The third-order valence-electron chi connectivity index (χ3n) is 1.96. The van der Waals surface area contributed by atoms with E-state index < -0.39 is 11.6 Å². The minimum Gasteiger partial charge on any atom is -0.490 e. The van der Waals surface area contributed by atoms with E-state index in [2.05, 4.69) is 27.3 Å². The Morgan fingerprint density at radius 1 is 1.44 bits per heavy atom. The van der Waals surface area contributed by atoms with Crippen LogP contribution in [0, 0.1) is 3.57 Å². The van der Waals surface area contributed by atoms with Crippen LogP contribution in [0.4, 0.5) is 0 Å². The van der Waals surface area contributed by atoms with E-state index in [0.29, 0.717) is 5.75 Å². The Kier molecular flexibility index (Phi) is 4.55. The van der Waals surface area contributed by atoms with Gasteiger partial charge >= 0.3 is 5.97 Å². The maximum absolute atomic E-state index is 11.2. The molecular weight excluding hydrogens is 323 g/mol. The van der Waals surface area contributed by atoms with E-state index in [4.69, 9.17) is 4.74 Å². The molecule has 1 aromatic carbocycles. The minimum absolute atomic E-state index is 0.139. The number of benzene rings is 1. The van der Waals surface area contributed by atoms with Crippen molar-refractivity contribution < 1.29 is 19.4 Å². The lowest BCUT2D eigenvalue weighted by atomic mass is 10.1. The van der Waals surface area contributed by atoms with Gasteiger partial charge in [0.05, 0.1) is 7.11 Å². The van der Waals surface area contributed by atoms with Gasteiger partial charge in [-0.15, -0.1) is 0 Å². The monoisotopic (exact) mass is 336 g/mol. The molecule has 88 valence electrons. The minimum atomic E-state index is -1.63. The second-order valence-electron chi connectivity index (χ2n) is 3.51. The third kappa shape index (κ3) is 3.64. The Bertz CT molecular complexity index is 359. The van der Waals surface area contributed by atoms with Crippen molar-refractivity contribution in [2.45, 2.75) is 12.5 Å². The van der Waals surface area contributed by atoms with Crippen molar-refractivity contribution in [2.75, 3.05) is 13.7 Å². The number of carbonyl (C=O) groups excluding carboxylic acids is 1. The molecule has 1 rings (SSSR count). The quantitative estimate of drug-likeness (QED) is 0.670. The van der Waals surface area contributed by atoms with E-state index in [1.54, 1.807) is 12.1 Å². The predicted molar refractivity (Wildman–Crippen MR) is 67.3 cm³/mol. The van der Waals surface area contributed by atoms with Gasteiger partial charge in [-0.2, -0.15) is 0 Å². The Morgan fingerprint density at radius 2 is 2.00 bits per heavy atom. The highest BCUT2D eigenvalue weighted by Gasteiger charge is 2.32. The average molecular weight is 336 g/mol. The number of hydrogen-bond acceptors (Lipinski definition) is 4. The molecule has 0 heterocycles. The van der Waals surface area contributed by atoms with Crippen molar-refractivity contribution in [1.29, 1.82) is 0 Å². The summed E-state index contributed by atoms with van der Waals surface area (Å²) in [4.78, 5) is 11.2. The molecule has 0 fully saturated rings. The molecule has 0 bridgehead atoms. The molecule has 0 spiro atoms. The molecule has 1 N–H and O–H groups in total. The SMILES string of the molecule is COC(=O)C(C)(O)COc1ccc(I)cc1. The topological polar surface area (TPSA) is 55.8 Å². The van der Waals surface area contributed by atoms with Crippen molar-refractivity contribution in [3.63, 3.8) is 0 Å². The fourth-order valence-corrected chi connectivity index (χ4v) is 1.39. The Hall–Kier alpha value is -0.820. The van der Waals surface area contributed by atoms with Crippen LogP contribution in [0.25, 0.3) is 0 Å². The molecule has 1 atom stereocenters. The average Bonchev–Trinajstić information content (AvgIpc) is 2.27. The van der Waals surface area contributed by atoms with E-state index >= 15 is 0 Å². The highest BCUT2D eigenvalue weighted by Crippen LogP contribution is 2.15. The molecule has 0 amide bonds. The summed E-state index contributed by atoms with van der Waals surface area (Å²) in [7, 11) is 1.22. The lowest BCUT2D eigenvalue weighted by molar-refractivity contribution is -0.163. The fraction of sp³-hybridized carbons (Fsp3) is 0.364. The summed E-state index contributed by atoms with van der Waals surface area (Å²) in [5.41, 5.74) is -1.63.